The van der Waals surface area contributed by atoms with E-state index in [0.29, 0.717) is 16.5 Å². The lowest BCUT2D eigenvalue weighted by Gasteiger charge is -2.40. The van der Waals surface area contributed by atoms with E-state index in [1.165, 1.54) is 10.8 Å². The van der Waals surface area contributed by atoms with Gasteiger partial charge in [0.2, 0.25) is 0 Å². The fraction of sp³-hybridized carbons (Fsp3) is 0.240. The third-order valence-electron chi connectivity index (χ3n) is 6.01. The monoisotopic (exact) mass is 421 g/mol. The maximum absolute atomic E-state index is 13.4. The quantitative estimate of drug-likeness (QED) is 0.441. The number of ketones is 1. The summed E-state index contributed by atoms with van der Waals surface area (Å²) in [6, 6.07) is 17.8. The van der Waals surface area contributed by atoms with Gasteiger partial charge in [0.25, 0.3) is 0 Å². The molecule has 0 radical (unpaired) electrons. The van der Waals surface area contributed by atoms with Gasteiger partial charge in [0.1, 0.15) is 0 Å². The summed E-state index contributed by atoms with van der Waals surface area (Å²) in [5.41, 5.74) is 5.00. The molecule has 4 heteroatoms. The molecule has 0 unspecified atom stereocenters. The number of benzene rings is 3. The highest BCUT2D eigenvalue weighted by atomic mass is 35.5. The van der Waals surface area contributed by atoms with Gasteiger partial charge in [-0.3, -0.25) is 4.79 Å². The van der Waals surface area contributed by atoms with Crippen LogP contribution in [0.5, 0.6) is 0 Å². The minimum absolute atomic E-state index is 0.0736. The molecule has 1 heterocycles. The van der Waals surface area contributed by atoms with Gasteiger partial charge >= 0.3 is 0 Å². The van der Waals surface area contributed by atoms with E-state index in [1.807, 2.05) is 18.2 Å². The predicted molar refractivity (Wildman–Crippen MR) is 122 cm³/mol. The van der Waals surface area contributed by atoms with E-state index in [9.17, 15) is 4.79 Å². The van der Waals surface area contributed by atoms with Crippen molar-refractivity contribution in [2.24, 2.45) is 5.41 Å². The highest BCUT2D eigenvalue weighted by Crippen LogP contribution is 2.52. The Kier molecular flexibility index (Phi) is 4.27. The van der Waals surface area contributed by atoms with Crippen molar-refractivity contribution in [2.45, 2.75) is 32.7 Å². The van der Waals surface area contributed by atoms with Crippen molar-refractivity contribution in [3.05, 3.63) is 81.3 Å². The van der Waals surface area contributed by atoms with Crippen molar-refractivity contribution < 1.29 is 4.79 Å². The Hall–Kier alpha value is -2.29. The summed E-state index contributed by atoms with van der Waals surface area (Å²) in [6.07, 6.45) is 1.40. The number of allylic oxidation sites excluding steroid dienone is 1. The van der Waals surface area contributed by atoms with Gasteiger partial charge in [-0.1, -0.05) is 73.4 Å². The Bertz CT molecular complexity index is 1210. The normalized spacial score (nSPS) is 20.3. The topological polar surface area (TPSA) is 29.1 Å². The Morgan fingerprint density at radius 1 is 1.00 bits per heavy atom. The zero-order chi connectivity index (χ0) is 20.3. The van der Waals surface area contributed by atoms with E-state index in [0.717, 1.165) is 34.4 Å². The SMILES string of the molecule is CC1(C)CC(=O)C2=C(C1)c1c(ccc3ccccc13)N[C@H]2c1ccc(Cl)cc1Cl. The number of hydrogen-bond acceptors (Lipinski definition) is 2. The molecule has 0 bridgehead atoms. The number of hydrogen-bond donors (Lipinski definition) is 1. The van der Waals surface area contributed by atoms with Crippen LogP contribution in [0.25, 0.3) is 16.3 Å². The Balaban J connectivity index is 1.81. The maximum atomic E-state index is 13.4. The van der Waals surface area contributed by atoms with Gasteiger partial charge in [0.05, 0.1) is 6.04 Å². The number of fused-ring (bicyclic) bond motifs is 4. The van der Waals surface area contributed by atoms with Crippen LogP contribution in [0.15, 0.2) is 60.2 Å². The molecule has 3 aromatic rings. The molecule has 29 heavy (non-hydrogen) atoms. The number of anilines is 1. The molecule has 1 atom stereocenters. The Morgan fingerprint density at radius 2 is 1.79 bits per heavy atom. The molecule has 146 valence electrons. The number of rotatable bonds is 1. The minimum Gasteiger partial charge on any atom is -0.373 e. The van der Waals surface area contributed by atoms with Crippen molar-refractivity contribution in [2.75, 3.05) is 5.32 Å². The minimum atomic E-state index is -0.271. The van der Waals surface area contributed by atoms with Crippen LogP contribution in [-0.2, 0) is 4.79 Å². The first-order chi connectivity index (χ1) is 13.8. The smallest absolute Gasteiger partial charge is 0.162 e. The second-order valence-corrected chi connectivity index (χ2v) is 9.63. The van der Waals surface area contributed by atoms with Crippen molar-refractivity contribution >= 4 is 51.0 Å². The first-order valence-corrected chi connectivity index (χ1v) is 10.6. The summed E-state index contributed by atoms with van der Waals surface area (Å²) in [4.78, 5) is 13.4. The standard InChI is InChI=1S/C25H21Cl2NO/c1-25(2)12-18-22-16-6-4-3-5-14(16)7-10-20(22)28-24(23(18)21(29)13-25)17-9-8-15(26)11-19(17)27/h3-11,24,28H,12-13H2,1-2H3/t24-/m0/s1. The molecule has 0 fully saturated rings. The summed E-state index contributed by atoms with van der Waals surface area (Å²) < 4.78 is 0. The van der Waals surface area contributed by atoms with Crippen molar-refractivity contribution in [1.29, 1.82) is 0 Å². The molecule has 5 rings (SSSR count). The fourth-order valence-corrected chi connectivity index (χ4v) is 5.32. The Labute approximate surface area is 180 Å². The molecule has 0 aromatic heterocycles. The number of carbonyl (C=O) groups is 1. The van der Waals surface area contributed by atoms with Crippen LogP contribution in [0.1, 0.15) is 43.9 Å². The summed E-state index contributed by atoms with van der Waals surface area (Å²) in [7, 11) is 0. The average molecular weight is 422 g/mol. The average Bonchev–Trinajstić information content (AvgIpc) is 2.66. The van der Waals surface area contributed by atoms with Crippen molar-refractivity contribution in [3.63, 3.8) is 0 Å². The molecule has 0 spiro atoms. The van der Waals surface area contributed by atoms with E-state index in [2.05, 4.69) is 49.5 Å². The third kappa shape index (κ3) is 3.06. The molecule has 1 aliphatic carbocycles. The molecular weight excluding hydrogens is 401 g/mol. The molecule has 1 N–H and O–H groups in total. The fourth-order valence-electron chi connectivity index (χ4n) is 4.81. The van der Waals surface area contributed by atoms with Crippen LogP contribution in [0.2, 0.25) is 10.0 Å². The summed E-state index contributed by atoms with van der Waals surface area (Å²) in [5.74, 6) is 0.193. The van der Waals surface area contributed by atoms with Gasteiger partial charge in [-0.25, -0.2) is 0 Å². The van der Waals surface area contributed by atoms with Crippen LogP contribution in [0.3, 0.4) is 0 Å². The molecule has 3 aromatic carbocycles. The van der Waals surface area contributed by atoms with Gasteiger partial charge in [0, 0.05) is 33.3 Å². The van der Waals surface area contributed by atoms with Gasteiger partial charge < -0.3 is 5.32 Å². The van der Waals surface area contributed by atoms with E-state index >= 15 is 0 Å². The first kappa shape index (κ1) is 18.7. The highest BCUT2D eigenvalue weighted by Gasteiger charge is 2.41. The van der Waals surface area contributed by atoms with Gasteiger partial charge in [-0.2, -0.15) is 0 Å². The highest BCUT2D eigenvalue weighted by molar-refractivity contribution is 6.35. The van der Waals surface area contributed by atoms with Gasteiger partial charge in [0.15, 0.2) is 5.78 Å². The number of carbonyl (C=O) groups excluding carboxylic acids is 1. The lowest BCUT2D eigenvalue weighted by molar-refractivity contribution is -0.118. The van der Waals surface area contributed by atoms with Crippen molar-refractivity contribution in [1.82, 2.24) is 0 Å². The largest absolute Gasteiger partial charge is 0.373 e. The van der Waals surface area contributed by atoms with Crippen LogP contribution in [0.4, 0.5) is 5.69 Å². The second-order valence-electron chi connectivity index (χ2n) is 8.79. The van der Waals surface area contributed by atoms with E-state index in [4.69, 9.17) is 23.2 Å². The lowest BCUT2D eigenvalue weighted by Crippen LogP contribution is -2.33. The summed E-state index contributed by atoms with van der Waals surface area (Å²) >= 11 is 12.7. The molecule has 0 amide bonds. The maximum Gasteiger partial charge on any atom is 0.162 e. The third-order valence-corrected chi connectivity index (χ3v) is 6.58. The second kappa shape index (κ2) is 6.62. The van der Waals surface area contributed by atoms with Crippen LogP contribution in [0, 0.1) is 5.41 Å². The summed E-state index contributed by atoms with van der Waals surface area (Å²) in [6.45, 7) is 4.34. The van der Waals surface area contributed by atoms with Gasteiger partial charge in [-0.05, 0) is 51.9 Å². The van der Waals surface area contributed by atoms with E-state index in [1.54, 1.807) is 6.07 Å². The van der Waals surface area contributed by atoms with Crippen LogP contribution >= 0.6 is 23.2 Å². The van der Waals surface area contributed by atoms with E-state index in [-0.39, 0.29) is 17.2 Å². The molecule has 2 nitrogen and oxygen atoms in total. The van der Waals surface area contributed by atoms with Crippen molar-refractivity contribution in [3.8, 4) is 0 Å². The summed E-state index contributed by atoms with van der Waals surface area (Å²) in [5, 5.41) is 7.13. The van der Waals surface area contributed by atoms with E-state index < -0.39 is 0 Å². The predicted octanol–water partition coefficient (Wildman–Crippen LogP) is 7.46. The zero-order valence-electron chi connectivity index (χ0n) is 16.4. The zero-order valence-corrected chi connectivity index (χ0v) is 17.9. The van der Waals surface area contributed by atoms with Gasteiger partial charge in [-0.15, -0.1) is 0 Å². The Morgan fingerprint density at radius 3 is 2.59 bits per heavy atom. The number of Topliss-reactive ketones (excluding diaryl/α,β-unsaturated/α-hetero) is 1. The molecule has 0 saturated heterocycles. The van der Waals surface area contributed by atoms with Crippen LogP contribution < -0.4 is 5.32 Å². The first-order valence-electron chi connectivity index (χ1n) is 9.84. The molecule has 1 aliphatic heterocycles. The molecule has 2 aliphatic rings. The molecule has 0 saturated carbocycles. The van der Waals surface area contributed by atoms with Crippen LogP contribution in [-0.4, -0.2) is 5.78 Å². The number of halogens is 2. The molecular formula is C25H21Cl2NO. The number of nitrogens with one attached hydrogen (secondary N) is 1. The lowest BCUT2D eigenvalue weighted by atomic mass is 9.68.